The first kappa shape index (κ1) is 67.1. The Morgan fingerprint density at radius 1 is 0.382 bits per heavy atom. The van der Waals surface area contributed by atoms with Crippen LogP contribution in [0, 0.1) is 12.7 Å². The van der Waals surface area contributed by atoms with Crippen LogP contribution in [0.2, 0.25) is 0 Å². The Balaban J connectivity index is 0.000000190. The molecule has 9 rings (SSSR count). The van der Waals surface area contributed by atoms with Gasteiger partial charge in [-0.1, -0.05) is 135 Å². The molecule has 0 saturated heterocycles. The maximum atomic E-state index is 13.4. The van der Waals surface area contributed by atoms with Crippen molar-refractivity contribution in [2.24, 2.45) is 0 Å². The molecule has 0 radical (unpaired) electrons. The number of carboxylic acids is 3. The van der Waals surface area contributed by atoms with Crippen LogP contribution in [-0.2, 0) is 68.6 Å². The second kappa shape index (κ2) is 31.5. The topological polar surface area (TPSA) is 250 Å². The largest absolute Gasteiger partial charge is 0.478 e. The van der Waals surface area contributed by atoms with Crippen LogP contribution in [0.25, 0.3) is 0 Å². The maximum Gasteiger partial charge on any atom is 0.335 e. The van der Waals surface area contributed by atoms with Crippen molar-refractivity contribution < 1.29 is 59.3 Å². The van der Waals surface area contributed by atoms with Gasteiger partial charge in [0.25, 0.3) is 30.1 Å². The lowest BCUT2D eigenvalue weighted by Crippen LogP contribution is -2.14. The van der Waals surface area contributed by atoms with E-state index >= 15 is 0 Å². The summed E-state index contributed by atoms with van der Waals surface area (Å²) in [6.45, 7) is 5.98. The average Bonchev–Trinajstić information content (AvgIpc) is 2.41. The van der Waals surface area contributed by atoms with E-state index in [1.807, 2.05) is 79.7 Å². The van der Waals surface area contributed by atoms with Gasteiger partial charge in [-0.3, -0.25) is 14.2 Å². The fraction of sp³-hybridized carbons (Fsp3) is 0.186. The third-order valence-electron chi connectivity index (χ3n) is 14.3. The minimum absolute atomic E-state index is 0.141. The summed E-state index contributed by atoms with van der Waals surface area (Å²) < 4.78 is 97.7. The molecular formula is C70H70FN3O12S3. The Bertz CT molecular complexity index is 4090. The minimum Gasteiger partial charge on any atom is -0.478 e. The quantitative estimate of drug-likeness (QED) is 0.0313. The molecule has 0 aliphatic rings. The minimum atomic E-state index is -3.91. The molecule has 9 aromatic rings. The predicted molar refractivity (Wildman–Crippen MR) is 346 cm³/mol. The van der Waals surface area contributed by atoms with Gasteiger partial charge in [0.05, 0.1) is 48.4 Å². The highest BCUT2D eigenvalue weighted by molar-refractivity contribution is 7.93. The molecule has 0 aliphatic heterocycles. The van der Waals surface area contributed by atoms with Gasteiger partial charge in [-0.05, 0) is 212 Å². The highest BCUT2D eigenvalue weighted by Crippen LogP contribution is 2.27. The number of rotatable bonds is 25. The number of carbonyl (C=O) groups is 3. The van der Waals surface area contributed by atoms with Crippen molar-refractivity contribution in [1.82, 2.24) is 0 Å². The summed E-state index contributed by atoms with van der Waals surface area (Å²) in [4.78, 5) is 33.6. The van der Waals surface area contributed by atoms with Crippen LogP contribution in [0.3, 0.4) is 0 Å². The van der Waals surface area contributed by atoms with E-state index < -0.39 is 53.8 Å². The number of sulfonamides is 3. The number of halogens is 1. The summed E-state index contributed by atoms with van der Waals surface area (Å²) >= 11 is 0. The number of hydrogen-bond donors (Lipinski definition) is 6. The van der Waals surface area contributed by atoms with Gasteiger partial charge in [0.15, 0.2) is 0 Å². The van der Waals surface area contributed by atoms with Gasteiger partial charge < -0.3 is 15.3 Å². The van der Waals surface area contributed by atoms with E-state index in [-0.39, 0.29) is 31.4 Å². The molecule has 0 saturated carbocycles. The fourth-order valence-electron chi connectivity index (χ4n) is 9.60. The smallest absolute Gasteiger partial charge is 0.335 e. The van der Waals surface area contributed by atoms with Crippen molar-refractivity contribution in [3.8, 4) is 0 Å². The molecule has 0 spiro atoms. The average molecular weight is 1260 g/mol. The van der Waals surface area contributed by atoms with Gasteiger partial charge in [0.1, 0.15) is 5.82 Å². The molecule has 19 heteroatoms. The molecule has 0 bridgehead atoms. The van der Waals surface area contributed by atoms with Crippen LogP contribution in [0.4, 0.5) is 21.5 Å². The maximum absolute atomic E-state index is 13.4. The second-order valence-electron chi connectivity index (χ2n) is 21.4. The first-order valence-electron chi connectivity index (χ1n) is 28.7. The van der Waals surface area contributed by atoms with Gasteiger partial charge in [-0.25, -0.2) is 44.0 Å². The number of anilines is 3. The molecule has 0 atom stereocenters. The third kappa shape index (κ3) is 20.3. The zero-order valence-electron chi connectivity index (χ0n) is 49.3. The second-order valence-corrected chi connectivity index (χ2v) is 26.4. The van der Waals surface area contributed by atoms with Gasteiger partial charge >= 0.3 is 17.9 Å². The first-order valence-corrected chi connectivity index (χ1v) is 33.1. The Morgan fingerprint density at radius 3 is 1.07 bits per heavy atom. The molecule has 0 aromatic heterocycles. The van der Waals surface area contributed by atoms with Crippen molar-refractivity contribution in [2.45, 2.75) is 99.2 Å². The number of aryl methyl sites for hydroxylation is 7. The molecule has 0 unspecified atom stereocenters. The molecule has 15 nitrogen and oxygen atoms in total. The normalized spacial score (nSPS) is 11.3. The van der Waals surface area contributed by atoms with Crippen LogP contribution in [-0.4, -0.2) is 58.5 Å². The third-order valence-corrected chi connectivity index (χ3v) is 18.4. The SMILES string of the molecule is CC(C)c1ccc(S(=O)(=O)Nc2ccccc2CCCc2cccc(C(=O)O)c2)cc1.Cc1cccc(S(=O)(=O)Nc2ccccc2CCCc2cccc(C(=O)O)c2)c1.O=C(O)c1cccc(CCCc2ccccc2NS(=O)(=O)c2cccc(F)c2)c1. The molecule has 0 amide bonds. The van der Waals surface area contributed by atoms with E-state index in [4.69, 9.17) is 15.3 Å². The van der Waals surface area contributed by atoms with E-state index in [1.165, 1.54) is 18.2 Å². The summed E-state index contributed by atoms with van der Waals surface area (Å²) in [6, 6.07) is 60.9. The van der Waals surface area contributed by atoms with Crippen molar-refractivity contribution in [3.05, 3.63) is 285 Å². The van der Waals surface area contributed by atoms with E-state index in [1.54, 1.807) is 121 Å². The Hall–Kier alpha value is -9.43. The Labute approximate surface area is 520 Å². The number of nitrogens with one attached hydrogen (secondary N) is 3. The molecule has 6 N–H and O–H groups in total. The Kier molecular flexibility index (Phi) is 23.7. The summed E-state index contributed by atoms with van der Waals surface area (Å²) in [7, 11) is -11.3. The number of hydrogen-bond acceptors (Lipinski definition) is 9. The van der Waals surface area contributed by atoms with Crippen LogP contribution in [0.1, 0.15) is 115 Å². The molecule has 0 aliphatic carbocycles. The van der Waals surface area contributed by atoms with Crippen LogP contribution in [0.15, 0.2) is 233 Å². The van der Waals surface area contributed by atoms with E-state index in [2.05, 4.69) is 28.0 Å². The molecule has 9 aromatic carbocycles. The van der Waals surface area contributed by atoms with Crippen LogP contribution in [0.5, 0.6) is 0 Å². The Morgan fingerprint density at radius 2 is 0.719 bits per heavy atom. The number of aromatic carboxylic acids is 3. The lowest BCUT2D eigenvalue weighted by atomic mass is 10.0. The van der Waals surface area contributed by atoms with Crippen LogP contribution >= 0.6 is 0 Å². The van der Waals surface area contributed by atoms with Crippen molar-refractivity contribution in [3.63, 3.8) is 0 Å². The number of para-hydroxylation sites is 3. The van der Waals surface area contributed by atoms with Gasteiger partial charge in [0, 0.05) is 0 Å². The van der Waals surface area contributed by atoms with Gasteiger partial charge in [-0.2, -0.15) is 0 Å². The van der Waals surface area contributed by atoms with E-state index in [0.717, 1.165) is 63.4 Å². The van der Waals surface area contributed by atoms with Crippen molar-refractivity contribution in [1.29, 1.82) is 0 Å². The summed E-state index contributed by atoms with van der Waals surface area (Å²) in [5, 5.41) is 27.3. The van der Waals surface area contributed by atoms with Gasteiger partial charge in [-0.15, -0.1) is 0 Å². The zero-order chi connectivity index (χ0) is 64.1. The molecule has 0 heterocycles. The summed E-state index contributed by atoms with van der Waals surface area (Å²) in [5.41, 5.74) is 9.73. The van der Waals surface area contributed by atoms with Crippen molar-refractivity contribution in [2.75, 3.05) is 14.2 Å². The molecular weight excluding hydrogens is 1190 g/mol. The fourth-order valence-corrected chi connectivity index (χ4v) is 13.0. The lowest BCUT2D eigenvalue weighted by Gasteiger charge is -2.13. The standard InChI is InChI=1S/C25H27NO4S.C23H23NO4S.C22H20FNO4S/c1-18(2)20-13-15-23(16-14-20)31(29,30)26-24-12-4-3-9-21(24)10-5-7-19-8-6-11-22(17-19)25(27)28;1-17-7-4-13-21(15-17)29(27,28)24-22-14-3-2-10-19(22)11-5-8-18-9-6-12-20(16-18)23(25)26;23-19-11-5-12-20(15-19)29(27,28)24-21-13-2-1-8-17(21)9-3-6-16-7-4-10-18(14-16)22(25)26/h3-4,6,8-9,11-18,26H,5,7,10H2,1-2H3,(H,27,28);2-4,6-7,9-10,12-16,24H,5,8,11H2,1H3,(H,25,26);1-2,4-5,7-8,10-15,24H,3,6,9H2,(H,25,26). The summed E-state index contributed by atoms with van der Waals surface area (Å²) in [6.07, 6.45) is 6.26. The highest BCUT2D eigenvalue weighted by atomic mass is 32.2. The van der Waals surface area contributed by atoms with E-state index in [9.17, 15) is 44.0 Å². The molecule has 0 fully saturated rings. The molecule has 462 valence electrons. The van der Waals surface area contributed by atoms with Crippen molar-refractivity contribution >= 4 is 65.0 Å². The molecule has 89 heavy (non-hydrogen) atoms. The number of carboxylic acid groups (broad SMARTS) is 3. The number of benzene rings is 9. The predicted octanol–water partition coefficient (Wildman–Crippen LogP) is 14.7. The zero-order valence-corrected chi connectivity index (χ0v) is 51.8. The lowest BCUT2D eigenvalue weighted by molar-refractivity contribution is 0.0686. The summed E-state index contributed by atoms with van der Waals surface area (Å²) in [5.74, 6) is -3.14. The van der Waals surface area contributed by atoms with E-state index in [0.29, 0.717) is 67.9 Å². The highest BCUT2D eigenvalue weighted by Gasteiger charge is 2.20. The van der Waals surface area contributed by atoms with Crippen LogP contribution < -0.4 is 14.2 Å². The van der Waals surface area contributed by atoms with Gasteiger partial charge in [0.2, 0.25) is 0 Å². The first-order chi connectivity index (χ1) is 42.5. The monoisotopic (exact) mass is 1260 g/mol.